The van der Waals surface area contributed by atoms with Crippen LogP contribution in [0.15, 0.2) is 18.2 Å². The third kappa shape index (κ3) is 1.20. The molecule has 1 aliphatic rings. The molecule has 5 heteroatoms. The van der Waals surface area contributed by atoms with Gasteiger partial charge in [-0.1, -0.05) is 17.7 Å². The number of carbonyl (C=O) groups is 2. The van der Waals surface area contributed by atoms with Crippen LogP contribution in [0.4, 0.5) is 0 Å². The van der Waals surface area contributed by atoms with Crippen LogP contribution < -0.4 is 0 Å². The fourth-order valence-electron chi connectivity index (χ4n) is 1.39. The number of hydrogen-bond donors (Lipinski definition) is 1. The van der Waals surface area contributed by atoms with Gasteiger partial charge in [0.1, 0.15) is 0 Å². The maximum absolute atomic E-state index is 11.4. The molecule has 72 valence electrons. The van der Waals surface area contributed by atoms with Crippen LogP contribution in [-0.4, -0.2) is 22.1 Å². The molecule has 1 aromatic carbocycles. The lowest BCUT2D eigenvalue weighted by molar-refractivity contribution is -0.153. The highest BCUT2D eigenvalue weighted by Crippen LogP contribution is 2.25. The van der Waals surface area contributed by atoms with Gasteiger partial charge in [0, 0.05) is 10.6 Å². The molecule has 0 saturated heterocycles. The van der Waals surface area contributed by atoms with Gasteiger partial charge in [-0.05, 0) is 17.7 Å². The summed E-state index contributed by atoms with van der Waals surface area (Å²) in [6.45, 7) is 0. The number of fused-ring (bicyclic) bond motifs is 1. The Morgan fingerprint density at radius 2 is 2.07 bits per heavy atom. The second kappa shape index (κ2) is 3.08. The summed E-state index contributed by atoms with van der Waals surface area (Å²) in [6.07, 6.45) is -0.0444. The smallest absolute Gasteiger partial charge is 0.278 e. The summed E-state index contributed by atoms with van der Waals surface area (Å²) in [6, 6.07) is 4.73. The van der Waals surface area contributed by atoms with Gasteiger partial charge in [-0.3, -0.25) is 14.8 Å². The molecule has 0 spiro atoms. The Balaban J connectivity index is 2.62. The highest BCUT2D eigenvalue weighted by molar-refractivity contribution is 6.32. The van der Waals surface area contributed by atoms with Crippen molar-refractivity contribution in [2.24, 2.45) is 0 Å². The van der Waals surface area contributed by atoms with Gasteiger partial charge in [-0.2, -0.15) is 5.06 Å². The van der Waals surface area contributed by atoms with Crippen molar-refractivity contribution < 1.29 is 14.8 Å². The normalized spacial score (nSPS) is 15.7. The summed E-state index contributed by atoms with van der Waals surface area (Å²) in [5.41, 5.74) is 0.758. The molecule has 0 aromatic heterocycles. The second-order valence-electron chi connectivity index (χ2n) is 2.95. The van der Waals surface area contributed by atoms with Crippen molar-refractivity contribution in [1.82, 2.24) is 5.06 Å². The first-order valence-corrected chi connectivity index (χ1v) is 4.32. The van der Waals surface area contributed by atoms with Crippen LogP contribution in [0.5, 0.6) is 0 Å². The number of rotatable bonds is 0. The number of benzene rings is 1. The maximum atomic E-state index is 11.4. The molecule has 2 rings (SSSR count). The van der Waals surface area contributed by atoms with Crippen LogP contribution in [0.3, 0.4) is 0 Å². The average molecular weight is 212 g/mol. The lowest BCUT2D eigenvalue weighted by Crippen LogP contribution is -2.39. The van der Waals surface area contributed by atoms with Crippen molar-refractivity contribution in [2.75, 3.05) is 0 Å². The molecule has 1 aromatic rings. The van der Waals surface area contributed by atoms with Crippen molar-refractivity contribution in [3.63, 3.8) is 0 Å². The molecule has 4 nitrogen and oxygen atoms in total. The SMILES string of the molecule is O=C1Cc2c(Cl)cccc2C(=O)N1O. The van der Waals surface area contributed by atoms with E-state index in [1.807, 2.05) is 0 Å². The third-order valence-corrected chi connectivity index (χ3v) is 2.46. The summed E-state index contributed by atoms with van der Waals surface area (Å²) >= 11 is 5.82. The van der Waals surface area contributed by atoms with Crippen LogP contribution in [-0.2, 0) is 11.2 Å². The molecule has 0 fully saturated rings. The van der Waals surface area contributed by atoms with Crippen LogP contribution in [0.1, 0.15) is 15.9 Å². The van der Waals surface area contributed by atoms with E-state index in [0.717, 1.165) is 0 Å². The van der Waals surface area contributed by atoms with E-state index in [1.54, 1.807) is 12.1 Å². The standard InChI is InChI=1S/C9H6ClNO3/c10-7-3-1-2-5-6(7)4-8(12)11(14)9(5)13/h1-3,14H,4H2. The van der Waals surface area contributed by atoms with Gasteiger partial charge in [0.15, 0.2) is 0 Å². The number of hydrogen-bond acceptors (Lipinski definition) is 3. The molecule has 0 atom stereocenters. The molecule has 0 radical (unpaired) electrons. The largest absolute Gasteiger partial charge is 0.284 e. The zero-order valence-electron chi connectivity index (χ0n) is 7.03. The van der Waals surface area contributed by atoms with E-state index >= 15 is 0 Å². The predicted molar refractivity (Wildman–Crippen MR) is 48.1 cm³/mol. The Kier molecular flexibility index (Phi) is 2.02. The molecule has 14 heavy (non-hydrogen) atoms. The number of nitrogens with zero attached hydrogens (tertiary/aromatic N) is 1. The van der Waals surface area contributed by atoms with Gasteiger partial charge >= 0.3 is 0 Å². The molecule has 0 bridgehead atoms. The molecule has 0 saturated carbocycles. The van der Waals surface area contributed by atoms with Gasteiger partial charge < -0.3 is 0 Å². The van der Waals surface area contributed by atoms with Crippen molar-refractivity contribution in [3.05, 3.63) is 34.3 Å². The minimum atomic E-state index is -0.723. The first kappa shape index (κ1) is 9.18. The molecule has 2 amide bonds. The first-order valence-electron chi connectivity index (χ1n) is 3.95. The zero-order valence-corrected chi connectivity index (χ0v) is 7.78. The van der Waals surface area contributed by atoms with E-state index in [2.05, 4.69) is 0 Å². The number of amides is 2. The van der Waals surface area contributed by atoms with Crippen molar-refractivity contribution in [1.29, 1.82) is 0 Å². The minimum Gasteiger partial charge on any atom is -0.278 e. The monoisotopic (exact) mass is 211 g/mol. The van der Waals surface area contributed by atoms with E-state index in [9.17, 15) is 9.59 Å². The van der Waals surface area contributed by atoms with E-state index in [1.165, 1.54) is 6.07 Å². The van der Waals surface area contributed by atoms with E-state index in [0.29, 0.717) is 10.6 Å². The maximum Gasteiger partial charge on any atom is 0.284 e. The van der Waals surface area contributed by atoms with Crippen LogP contribution in [0.25, 0.3) is 0 Å². The minimum absolute atomic E-state index is 0.0444. The number of halogens is 1. The van der Waals surface area contributed by atoms with Gasteiger partial charge in [0.2, 0.25) is 0 Å². The van der Waals surface area contributed by atoms with E-state index < -0.39 is 11.8 Å². The number of imide groups is 1. The zero-order chi connectivity index (χ0) is 10.3. The Bertz CT molecular complexity index is 430. The van der Waals surface area contributed by atoms with E-state index in [-0.39, 0.29) is 17.0 Å². The first-order chi connectivity index (χ1) is 6.61. The van der Waals surface area contributed by atoms with Crippen molar-refractivity contribution in [2.45, 2.75) is 6.42 Å². The molecule has 1 aliphatic heterocycles. The molecule has 1 heterocycles. The van der Waals surface area contributed by atoms with Gasteiger partial charge in [0.25, 0.3) is 11.8 Å². The Labute approximate surface area is 84.7 Å². The fourth-order valence-corrected chi connectivity index (χ4v) is 1.63. The summed E-state index contributed by atoms with van der Waals surface area (Å²) < 4.78 is 0. The second-order valence-corrected chi connectivity index (χ2v) is 3.36. The number of hydroxylamine groups is 2. The summed E-state index contributed by atoms with van der Waals surface area (Å²) in [5, 5.41) is 9.57. The molecular formula is C9H6ClNO3. The van der Waals surface area contributed by atoms with Crippen LogP contribution in [0, 0.1) is 0 Å². The molecular weight excluding hydrogens is 206 g/mol. The topological polar surface area (TPSA) is 57.6 Å². The molecule has 0 unspecified atom stereocenters. The third-order valence-electron chi connectivity index (χ3n) is 2.11. The Hall–Kier alpha value is -1.39. The van der Waals surface area contributed by atoms with Crippen molar-refractivity contribution >= 4 is 23.4 Å². The summed E-state index contributed by atoms with van der Waals surface area (Å²) in [4.78, 5) is 22.5. The average Bonchev–Trinajstić information content (AvgIpc) is 2.17. The Morgan fingerprint density at radius 3 is 2.79 bits per heavy atom. The van der Waals surface area contributed by atoms with Crippen molar-refractivity contribution in [3.8, 4) is 0 Å². The fraction of sp³-hybridized carbons (Fsp3) is 0.111. The number of carbonyl (C=O) groups excluding carboxylic acids is 2. The highest BCUT2D eigenvalue weighted by atomic mass is 35.5. The van der Waals surface area contributed by atoms with Gasteiger partial charge in [-0.25, -0.2) is 0 Å². The van der Waals surface area contributed by atoms with Crippen LogP contribution >= 0.6 is 11.6 Å². The summed E-state index contributed by atoms with van der Waals surface area (Å²) in [5.74, 6) is -1.38. The predicted octanol–water partition coefficient (Wildman–Crippen LogP) is 1.25. The molecule has 0 aliphatic carbocycles. The lowest BCUT2D eigenvalue weighted by Gasteiger charge is -2.21. The summed E-state index contributed by atoms with van der Waals surface area (Å²) in [7, 11) is 0. The van der Waals surface area contributed by atoms with Crippen LogP contribution in [0.2, 0.25) is 5.02 Å². The van der Waals surface area contributed by atoms with E-state index in [4.69, 9.17) is 16.8 Å². The highest BCUT2D eigenvalue weighted by Gasteiger charge is 2.30. The lowest BCUT2D eigenvalue weighted by atomic mass is 10.00. The Morgan fingerprint density at radius 1 is 1.36 bits per heavy atom. The quantitative estimate of drug-likeness (QED) is 0.519. The van der Waals surface area contributed by atoms with Gasteiger partial charge in [0.05, 0.1) is 6.42 Å². The molecule has 1 N–H and O–H groups in total. The van der Waals surface area contributed by atoms with Gasteiger partial charge in [-0.15, -0.1) is 0 Å².